The molecule has 0 fully saturated rings. The van der Waals surface area contributed by atoms with Crippen LogP contribution in [0, 0.1) is 9.49 Å². The molecular formula is C11H14I. The standard InChI is InChI=1S/C11H14I/c1-4-9-5-10(8(2)3)7-11(12)6-9/h5-7H,4H2,1-3H3. The van der Waals surface area contributed by atoms with Crippen LogP contribution in [0.25, 0.3) is 0 Å². The van der Waals surface area contributed by atoms with E-state index in [1.807, 2.05) is 0 Å². The lowest BCUT2D eigenvalue weighted by molar-refractivity contribution is 1.09. The van der Waals surface area contributed by atoms with Crippen molar-refractivity contribution in [1.82, 2.24) is 0 Å². The van der Waals surface area contributed by atoms with E-state index in [-0.39, 0.29) is 0 Å². The minimum Gasteiger partial charge on any atom is -0.0613 e. The summed E-state index contributed by atoms with van der Waals surface area (Å²) in [6.07, 6.45) is 1.12. The average molecular weight is 273 g/mol. The van der Waals surface area contributed by atoms with Crippen LogP contribution in [0.4, 0.5) is 0 Å². The highest BCUT2D eigenvalue weighted by atomic mass is 127. The van der Waals surface area contributed by atoms with E-state index in [1.54, 1.807) is 0 Å². The molecule has 12 heavy (non-hydrogen) atoms. The van der Waals surface area contributed by atoms with Crippen LogP contribution >= 0.6 is 22.6 Å². The molecule has 1 rings (SSSR count). The third-order valence-electron chi connectivity index (χ3n) is 1.94. The van der Waals surface area contributed by atoms with Gasteiger partial charge in [0.15, 0.2) is 0 Å². The summed E-state index contributed by atoms with van der Waals surface area (Å²) in [6.45, 7) is 6.51. The molecule has 0 bridgehead atoms. The summed E-state index contributed by atoms with van der Waals surface area (Å²) in [5, 5.41) is 0. The highest BCUT2D eigenvalue weighted by molar-refractivity contribution is 14.1. The molecule has 0 heterocycles. The molecule has 0 N–H and O–H groups in total. The number of hydrogen-bond acceptors (Lipinski definition) is 0. The Morgan fingerprint density at radius 2 is 1.92 bits per heavy atom. The Bertz CT molecular complexity index is 264. The van der Waals surface area contributed by atoms with Crippen molar-refractivity contribution in [3.63, 3.8) is 0 Å². The summed E-state index contributed by atoms with van der Waals surface area (Å²) in [4.78, 5) is 0. The molecule has 0 amide bonds. The van der Waals surface area contributed by atoms with Crippen LogP contribution < -0.4 is 0 Å². The summed E-state index contributed by atoms with van der Waals surface area (Å²) in [5.41, 5.74) is 2.80. The summed E-state index contributed by atoms with van der Waals surface area (Å²) >= 11 is 2.37. The maximum Gasteiger partial charge on any atom is 0.0136 e. The lowest BCUT2D eigenvalue weighted by Crippen LogP contribution is -1.92. The minimum absolute atomic E-state index is 1.12. The van der Waals surface area contributed by atoms with Gasteiger partial charge in [-0.15, -0.1) is 0 Å². The molecule has 0 aliphatic carbocycles. The first kappa shape index (κ1) is 10.0. The molecule has 0 nitrogen and oxygen atoms in total. The van der Waals surface area contributed by atoms with Gasteiger partial charge in [0.25, 0.3) is 0 Å². The predicted octanol–water partition coefficient (Wildman–Crippen LogP) is 3.82. The van der Waals surface area contributed by atoms with E-state index in [1.165, 1.54) is 20.6 Å². The summed E-state index contributed by atoms with van der Waals surface area (Å²) < 4.78 is 1.34. The van der Waals surface area contributed by atoms with Gasteiger partial charge in [-0.3, -0.25) is 0 Å². The molecule has 0 saturated carbocycles. The summed E-state index contributed by atoms with van der Waals surface area (Å²) in [5.74, 6) is 1.39. The lowest BCUT2D eigenvalue weighted by Gasteiger charge is -2.07. The molecule has 0 spiro atoms. The Morgan fingerprint density at radius 1 is 1.25 bits per heavy atom. The average Bonchev–Trinajstić information content (AvgIpc) is 2.03. The van der Waals surface area contributed by atoms with Crippen molar-refractivity contribution in [3.8, 4) is 0 Å². The number of aryl methyl sites for hydroxylation is 1. The van der Waals surface area contributed by atoms with Crippen molar-refractivity contribution < 1.29 is 0 Å². The molecule has 0 aliphatic heterocycles. The zero-order valence-corrected chi connectivity index (χ0v) is 9.97. The number of benzene rings is 1. The SMILES string of the molecule is CCc1cc(I)cc([C](C)C)c1. The first-order valence-electron chi connectivity index (χ1n) is 4.23. The van der Waals surface area contributed by atoms with Gasteiger partial charge in [0.05, 0.1) is 0 Å². The van der Waals surface area contributed by atoms with Gasteiger partial charge in [-0.2, -0.15) is 0 Å². The summed E-state index contributed by atoms with van der Waals surface area (Å²) in [7, 11) is 0. The highest BCUT2D eigenvalue weighted by Gasteiger charge is 2.01. The van der Waals surface area contributed by atoms with Gasteiger partial charge in [0.2, 0.25) is 0 Å². The first-order valence-corrected chi connectivity index (χ1v) is 5.31. The third kappa shape index (κ3) is 2.47. The van der Waals surface area contributed by atoms with Crippen molar-refractivity contribution in [2.24, 2.45) is 0 Å². The first-order chi connectivity index (χ1) is 5.63. The second-order valence-corrected chi connectivity index (χ2v) is 4.45. The van der Waals surface area contributed by atoms with Gasteiger partial charge in [-0.25, -0.2) is 0 Å². The van der Waals surface area contributed by atoms with Crippen molar-refractivity contribution >= 4 is 22.6 Å². The van der Waals surface area contributed by atoms with Crippen LogP contribution in [0.1, 0.15) is 31.9 Å². The van der Waals surface area contributed by atoms with Crippen molar-refractivity contribution in [3.05, 3.63) is 38.8 Å². The fourth-order valence-electron chi connectivity index (χ4n) is 1.14. The van der Waals surface area contributed by atoms with Crippen LogP contribution in [0.2, 0.25) is 0 Å². The zero-order valence-electron chi connectivity index (χ0n) is 7.82. The topological polar surface area (TPSA) is 0 Å². The maximum atomic E-state index is 2.37. The van der Waals surface area contributed by atoms with Gasteiger partial charge in [0, 0.05) is 3.57 Å². The molecule has 0 aliphatic rings. The van der Waals surface area contributed by atoms with Gasteiger partial charge < -0.3 is 0 Å². The predicted molar refractivity (Wildman–Crippen MR) is 62.2 cm³/mol. The molecule has 0 atom stereocenters. The van der Waals surface area contributed by atoms with Crippen LogP contribution in [0.15, 0.2) is 18.2 Å². The summed E-state index contributed by atoms with van der Waals surface area (Å²) in [6, 6.07) is 6.75. The highest BCUT2D eigenvalue weighted by Crippen LogP contribution is 2.19. The normalized spacial score (nSPS) is 10.8. The van der Waals surface area contributed by atoms with Crippen LogP contribution in [-0.4, -0.2) is 0 Å². The molecule has 1 aromatic rings. The number of hydrogen-bond donors (Lipinski definition) is 0. The largest absolute Gasteiger partial charge is 0.0613 e. The van der Waals surface area contributed by atoms with E-state index in [4.69, 9.17) is 0 Å². The van der Waals surface area contributed by atoms with Gasteiger partial charge in [-0.05, 0) is 58.2 Å². The molecule has 1 heteroatoms. The molecule has 65 valence electrons. The van der Waals surface area contributed by atoms with Crippen molar-refractivity contribution in [1.29, 1.82) is 0 Å². The second-order valence-electron chi connectivity index (χ2n) is 3.20. The van der Waals surface area contributed by atoms with E-state index in [0.717, 1.165) is 6.42 Å². The Morgan fingerprint density at radius 3 is 2.42 bits per heavy atom. The van der Waals surface area contributed by atoms with E-state index in [2.05, 4.69) is 61.6 Å². The Hall–Kier alpha value is -0.0500. The van der Waals surface area contributed by atoms with Gasteiger partial charge in [0.1, 0.15) is 0 Å². The quantitative estimate of drug-likeness (QED) is 0.719. The molecule has 0 aromatic heterocycles. The van der Waals surface area contributed by atoms with E-state index >= 15 is 0 Å². The molecular weight excluding hydrogens is 259 g/mol. The Labute approximate surface area is 88.5 Å². The van der Waals surface area contributed by atoms with E-state index in [9.17, 15) is 0 Å². The third-order valence-corrected chi connectivity index (χ3v) is 2.57. The van der Waals surface area contributed by atoms with Crippen LogP contribution in [-0.2, 0) is 6.42 Å². The minimum atomic E-state index is 1.12. The fourth-order valence-corrected chi connectivity index (χ4v) is 1.88. The maximum absolute atomic E-state index is 2.37. The Balaban J connectivity index is 3.06. The fraction of sp³-hybridized carbons (Fsp3) is 0.364. The van der Waals surface area contributed by atoms with Crippen molar-refractivity contribution in [2.45, 2.75) is 27.2 Å². The lowest BCUT2D eigenvalue weighted by atomic mass is 10.0. The molecule has 0 unspecified atom stereocenters. The van der Waals surface area contributed by atoms with Gasteiger partial charge >= 0.3 is 0 Å². The van der Waals surface area contributed by atoms with E-state index < -0.39 is 0 Å². The van der Waals surface area contributed by atoms with E-state index in [0.29, 0.717) is 0 Å². The monoisotopic (exact) mass is 273 g/mol. The van der Waals surface area contributed by atoms with Crippen LogP contribution in [0.3, 0.4) is 0 Å². The Kier molecular flexibility index (Phi) is 3.56. The van der Waals surface area contributed by atoms with Crippen molar-refractivity contribution in [2.75, 3.05) is 0 Å². The van der Waals surface area contributed by atoms with Gasteiger partial charge in [-0.1, -0.05) is 26.8 Å². The molecule has 1 aromatic carbocycles. The van der Waals surface area contributed by atoms with Crippen LogP contribution in [0.5, 0.6) is 0 Å². The number of rotatable bonds is 2. The number of halogens is 1. The molecule has 1 radical (unpaired) electrons. The zero-order chi connectivity index (χ0) is 9.14. The smallest absolute Gasteiger partial charge is 0.0136 e. The second kappa shape index (κ2) is 4.26. The molecule has 0 saturated heterocycles.